The van der Waals surface area contributed by atoms with E-state index in [-0.39, 0.29) is 29.9 Å². The molecule has 1 saturated heterocycles. The summed E-state index contributed by atoms with van der Waals surface area (Å²) in [5, 5.41) is 3.66. The van der Waals surface area contributed by atoms with E-state index in [1.54, 1.807) is 18.4 Å². The summed E-state index contributed by atoms with van der Waals surface area (Å²) < 4.78 is 10.5. The number of benzene rings is 1. The number of nitrogens with zero attached hydrogens (tertiary/aromatic N) is 2. The molecule has 2 unspecified atom stereocenters. The van der Waals surface area contributed by atoms with E-state index < -0.39 is 0 Å². The lowest BCUT2D eigenvalue weighted by Crippen LogP contribution is -2.48. The molecule has 0 bridgehead atoms. The minimum atomic E-state index is -0.261. The molecule has 3 aliphatic rings. The highest BCUT2D eigenvalue weighted by molar-refractivity contribution is 6.04. The van der Waals surface area contributed by atoms with Gasteiger partial charge in [-0.3, -0.25) is 9.59 Å². The third-order valence-electron chi connectivity index (χ3n) is 9.70. The fourth-order valence-corrected chi connectivity index (χ4v) is 7.11. The van der Waals surface area contributed by atoms with Crippen molar-refractivity contribution in [3.8, 4) is 0 Å². The Hall–Kier alpha value is -3.16. The predicted molar refractivity (Wildman–Crippen MR) is 166 cm³/mol. The lowest BCUT2D eigenvalue weighted by Gasteiger charge is -2.42. The number of furan rings is 1. The number of methoxy groups -OCH3 is 1. The topological polar surface area (TPSA) is 75.0 Å². The molecule has 2 fully saturated rings. The van der Waals surface area contributed by atoms with Gasteiger partial charge in [-0.25, -0.2) is 0 Å². The first kappa shape index (κ1) is 30.3. The van der Waals surface area contributed by atoms with Crippen LogP contribution in [0.1, 0.15) is 73.9 Å². The number of piperidine rings is 1. The van der Waals surface area contributed by atoms with Gasteiger partial charge >= 0.3 is 5.97 Å². The van der Waals surface area contributed by atoms with Crippen molar-refractivity contribution >= 4 is 17.6 Å². The Morgan fingerprint density at radius 1 is 1.02 bits per heavy atom. The normalized spacial score (nSPS) is 22.6. The van der Waals surface area contributed by atoms with Crippen molar-refractivity contribution in [3.63, 3.8) is 0 Å². The monoisotopic (exact) mass is 573 g/mol. The van der Waals surface area contributed by atoms with Crippen LogP contribution in [0.4, 0.5) is 5.69 Å². The maximum atomic E-state index is 13.5. The second-order valence-corrected chi connectivity index (χ2v) is 12.4. The number of amides is 1. The summed E-state index contributed by atoms with van der Waals surface area (Å²) in [6.45, 7) is 6.05. The first-order valence-corrected chi connectivity index (χ1v) is 15.8. The molecule has 1 N–H and O–H groups in total. The second-order valence-electron chi connectivity index (χ2n) is 12.4. The number of likely N-dealkylation sites (tertiary alicyclic amines) is 1. The first-order chi connectivity index (χ1) is 20.5. The molecule has 1 saturated carbocycles. The predicted octanol–water partition coefficient (Wildman–Crippen LogP) is 6.30. The van der Waals surface area contributed by atoms with Gasteiger partial charge in [-0.1, -0.05) is 61.3 Å². The maximum absolute atomic E-state index is 13.5. The van der Waals surface area contributed by atoms with Crippen molar-refractivity contribution in [2.24, 2.45) is 11.3 Å². The van der Waals surface area contributed by atoms with E-state index in [2.05, 4.69) is 47.5 Å². The zero-order valence-corrected chi connectivity index (χ0v) is 25.3. The highest BCUT2D eigenvalue weighted by Crippen LogP contribution is 2.42. The molecule has 7 nitrogen and oxygen atoms in total. The summed E-state index contributed by atoms with van der Waals surface area (Å²) in [6, 6.07) is 11.9. The van der Waals surface area contributed by atoms with E-state index in [9.17, 15) is 9.59 Å². The number of carbonyl (C=O) groups is 2. The molecule has 1 amide bonds. The Kier molecular flexibility index (Phi) is 10.3. The van der Waals surface area contributed by atoms with Gasteiger partial charge in [0.1, 0.15) is 0 Å². The van der Waals surface area contributed by atoms with Crippen LogP contribution in [0.5, 0.6) is 0 Å². The molecule has 2 heterocycles. The molecule has 7 heteroatoms. The second kappa shape index (κ2) is 14.3. The summed E-state index contributed by atoms with van der Waals surface area (Å²) in [5.74, 6) is -0.115. The molecule has 5 rings (SSSR count). The van der Waals surface area contributed by atoms with Crippen LogP contribution in [-0.4, -0.2) is 62.1 Å². The average molecular weight is 574 g/mol. The number of rotatable bonds is 11. The first-order valence-electron chi connectivity index (χ1n) is 15.8. The summed E-state index contributed by atoms with van der Waals surface area (Å²) in [6.07, 6.45) is 20.3. The largest absolute Gasteiger partial charge is 0.469 e. The molecule has 2 aromatic rings. The zero-order chi connectivity index (χ0) is 29.4. The highest BCUT2D eigenvalue weighted by atomic mass is 16.5. The SMILES string of the molecule is COC(=O)C1C=CC=CC1NCCC1(CCN2CCC(N(C(=O)c3ccco3)c3ccc(C)cc3)CC2)CCCCC1. The zero-order valence-electron chi connectivity index (χ0n) is 25.3. The molecule has 42 heavy (non-hydrogen) atoms. The Bertz CT molecular complexity index is 1210. The number of hydrogen-bond donors (Lipinski definition) is 1. The summed E-state index contributed by atoms with van der Waals surface area (Å²) >= 11 is 0. The van der Waals surface area contributed by atoms with Crippen LogP contribution in [0.25, 0.3) is 0 Å². The van der Waals surface area contributed by atoms with Crippen LogP contribution in [0.3, 0.4) is 0 Å². The molecule has 1 aromatic heterocycles. The number of nitrogens with one attached hydrogen (secondary N) is 1. The Morgan fingerprint density at radius 3 is 2.45 bits per heavy atom. The molecule has 1 aromatic carbocycles. The van der Waals surface area contributed by atoms with Crippen molar-refractivity contribution in [2.75, 3.05) is 38.2 Å². The number of esters is 1. The van der Waals surface area contributed by atoms with Gasteiger partial charge < -0.3 is 24.3 Å². The number of anilines is 1. The van der Waals surface area contributed by atoms with E-state index in [0.29, 0.717) is 11.2 Å². The molecule has 2 atom stereocenters. The van der Waals surface area contributed by atoms with E-state index in [4.69, 9.17) is 9.15 Å². The molecular formula is C35H47N3O4. The number of allylic oxidation sites excluding steroid dienone is 2. The highest BCUT2D eigenvalue weighted by Gasteiger charge is 2.35. The summed E-state index contributed by atoms with van der Waals surface area (Å²) in [4.78, 5) is 30.3. The van der Waals surface area contributed by atoms with Crippen LogP contribution >= 0.6 is 0 Å². The van der Waals surface area contributed by atoms with E-state index in [1.807, 2.05) is 23.1 Å². The summed E-state index contributed by atoms with van der Waals surface area (Å²) in [5.41, 5.74) is 2.47. The fourth-order valence-electron chi connectivity index (χ4n) is 7.11. The molecular weight excluding hydrogens is 526 g/mol. The fraction of sp³-hybridized carbons (Fsp3) is 0.543. The van der Waals surface area contributed by atoms with Crippen molar-refractivity contribution in [1.82, 2.24) is 10.2 Å². The third kappa shape index (κ3) is 7.42. The van der Waals surface area contributed by atoms with Gasteiger partial charge in [0.05, 0.1) is 19.3 Å². The lowest BCUT2D eigenvalue weighted by molar-refractivity contribution is -0.144. The van der Waals surface area contributed by atoms with Crippen LogP contribution in [0, 0.1) is 18.3 Å². The number of aryl methyl sites for hydroxylation is 1. The van der Waals surface area contributed by atoms with Gasteiger partial charge in [0.25, 0.3) is 5.91 Å². The van der Waals surface area contributed by atoms with Crippen molar-refractivity contribution in [2.45, 2.75) is 76.8 Å². The molecule has 0 spiro atoms. The van der Waals surface area contributed by atoms with Gasteiger partial charge in [-0.2, -0.15) is 0 Å². The summed E-state index contributed by atoms with van der Waals surface area (Å²) in [7, 11) is 1.46. The van der Waals surface area contributed by atoms with Crippen molar-refractivity contribution < 1.29 is 18.7 Å². The molecule has 0 radical (unpaired) electrons. The minimum absolute atomic E-state index is 0.0116. The van der Waals surface area contributed by atoms with Gasteiger partial charge in [-0.15, -0.1) is 0 Å². The Balaban J connectivity index is 1.16. The van der Waals surface area contributed by atoms with Gasteiger partial charge in [0.2, 0.25) is 0 Å². The molecule has 226 valence electrons. The van der Waals surface area contributed by atoms with Crippen LogP contribution in [0.2, 0.25) is 0 Å². The van der Waals surface area contributed by atoms with Crippen molar-refractivity contribution in [3.05, 3.63) is 78.3 Å². The average Bonchev–Trinajstić information content (AvgIpc) is 3.58. The molecule has 1 aliphatic heterocycles. The van der Waals surface area contributed by atoms with Gasteiger partial charge in [-0.05, 0) is 88.2 Å². The van der Waals surface area contributed by atoms with E-state index in [0.717, 1.165) is 51.1 Å². The van der Waals surface area contributed by atoms with E-state index >= 15 is 0 Å². The number of hydrogen-bond acceptors (Lipinski definition) is 6. The number of carbonyl (C=O) groups excluding carboxylic acids is 2. The van der Waals surface area contributed by atoms with E-state index in [1.165, 1.54) is 51.2 Å². The smallest absolute Gasteiger partial charge is 0.314 e. The van der Waals surface area contributed by atoms with Crippen molar-refractivity contribution in [1.29, 1.82) is 0 Å². The van der Waals surface area contributed by atoms with Crippen LogP contribution < -0.4 is 10.2 Å². The Morgan fingerprint density at radius 2 is 1.76 bits per heavy atom. The number of ether oxygens (including phenoxy) is 1. The lowest BCUT2D eigenvalue weighted by atomic mass is 9.69. The maximum Gasteiger partial charge on any atom is 0.314 e. The standard InChI is InChI=1S/C35H47N3O4/c1-27-12-14-28(15-13-27)38(33(39)32-11-8-26-42-32)29-16-23-37(24-17-29)25-21-35(18-6-3-7-19-35)20-22-36-31-10-5-4-9-30(31)34(40)41-2/h4-5,8-15,26,29-31,36H,3,6-7,16-25H2,1-2H3. The van der Waals surface area contributed by atoms with Gasteiger partial charge in [0.15, 0.2) is 5.76 Å². The van der Waals surface area contributed by atoms with Crippen LogP contribution in [-0.2, 0) is 9.53 Å². The van der Waals surface area contributed by atoms with Gasteiger partial charge in [0, 0.05) is 30.9 Å². The third-order valence-corrected chi connectivity index (χ3v) is 9.70. The quantitative estimate of drug-likeness (QED) is 0.318. The Labute approximate surface area is 251 Å². The minimum Gasteiger partial charge on any atom is -0.469 e. The molecule has 2 aliphatic carbocycles. The van der Waals surface area contributed by atoms with Crippen LogP contribution in [0.15, 0.2) is 71.4 Å².